The van der Waals surface area contributed by atoms with Crippen LogP contribution in [-0.2, 0) is 13.0 Å². The number of aromatic nitrogens is 2. The first-order valence-corrected chi connectivity index (χ1v) is 9.36. The normalized spacial score (nSPS) is 17.3. The van der Waals surface area contributed by atoms with Crippen molar-refractivity contribution in [2.45, 2.75) is 19.4 Å². The Morgan fingerprint density at radius 3 is 2.74 bits per heavy atom. The monoisotopic (exact) mass is 360 g/mol. The number of primary amides is 1. The lowest BCUT2D eigenvalue weighted by Crippen LogP contribution is -2.20. The van der Waals surface area contributed by atoms with Gasteiger partial charge in [-0.2, -0.15) is 0 Å². The number of hydrogen-bond donors (Lipinski definition) is 1. The zero-order chi connectivity index (χ0) is 18.6. The van der Waals surface area contributed by atoms with Gasteiger partial charge in [0.2, 0.25) is 5.91 Å². The Morgan fingerprint density at radius 1 is 1.15 bits per heavy atom. The van der Waals surface area contributed by atoms with Gasteiger partial charge in [-0.15, -0.1) is 0 Å². The van der Waals surface area contributed by atoms with E-state index in [0.717, 1.165) is 31.7 Å². The van der Waals surface area contributed by atoms with E-state index >= 15 is 0 Å². The maximum atomic E-state index is 11.4. The lowest BCUT2D eigenvalue weighted by molar-refractivity contribution is 0.1000. The van der Waals surface area contributed by atoms with Crippen LogP contribution in [0.3, 0.4) is 0 Å². The van der Waals surface area contributed by atoms with Crippen molar-refractivity contribution in [1.29, 1.82) is 0 Å². The third kappa shape index (κ3) is 4.26. The second kappa shape index (κ2) is 7.76. The van der Waals surface area contributed by atoms with Crippen molar-refractivity contribution in [1.82, 2.24) is 14.5 Å². The first kappa shape index (κ1) is 17.5. The number of imidazole rings is 1. The summed E-state index contributed by atoms with van der Waals surface area (Å²) in [4.78, 5) is 18.0. The van der Waals surface area contributed by atoms with Crippen molar-refractivity contribution < 1.29 is 4.79 Å². The number of nitrogens with zero attached hydrogens (tertiary/aromatic N) is 3. The number of likely N-dealkylation sites (tertiary alicyclic amines) is 1. The molecule has 1 saturated heterocycles. The molecular weight excluding hydrogens is 336 g/mol. The van der Waals surface area contributed by atoms with E-state index in [0.29, 0.717) is 11.5 Å². The van der Waals surface area contributed by atoms with Crippen LogP contribution in [0.4, 0.5) is 0 Å². The molecule has 1 atom stereocenters. The molecule has 5 heteroatoms. The third-order valence-electron chi connectivity index (χ3n) is 5.25. The van der Waals surface area contributed by atoms with Gasteiger partial charge < -0.3 is 10.3 Å². The zero-order valence-electron chi connectivity index (χ0n) is 15.3. The molecule has 0 unspecified atom stereocenters. The molecule has 27 heavy (non-hydrogen) atoms. The molecule has 1 aliphatic heterocycles. The van der Waals surface area contributed by atoms with E-state index in [9.17, 15) is 4.79 Å². The smallest absolute Gasteiger partial charge is 0.248 e. The topological polar surface area (TPSA) is 64.2 Å². The number of carbonyl (C=O) groups is 1. The summed E-state index contributed by atoms with van der Waals surface area (Å²) in [5, 5.41) is 0. The summed E-state index contributed by atoms with van der Waals surface area (Å²) in [6.07, 6.45) is 7.74. The maximum absolute atomic E-state index is 11.4. The van der Waals surface area contributed by atoms with E-state index < -0.39 is 0 Å². The standard InChI is InChI=1S/C22H24N4O/c23-22(27)20-3-1-2-18(13-20)12-19-8-10-25(15-19)14-17-4-6-21(7-5-17)26-11-9-24-16-26/h1-7,9,11,13,16,19H,8,10,12,14-15H2,(H2,23,27)/t19-/m0/s1. The van der Waals surface area contributed by atoms with E-state index in [-0.39, 0.29) is 5.91 Å². The quantitative estimate of drug-likeness (QED) is 0.735. The van der Waals surface area contributed by atoms with Crippen LogP contribution in [0.1, 0.15) is 27.9 Å². The third-order valence-corrected chi connectivity index (χ3v) is 5.25. The van der Waals surface area contributed by atoms with Crippen LogP contribution < -0.4 is 5.73 Å². The van der Waals surface area contributed by atoms with Gasteiger partial charge in [0, 0.05) is 36.7 Å². The van der Waals surface area contributed by atoms with Crippen molar-refractivity contribution in [3.05, 3.63) is 83.9 Å². The molecule has 0 radical (unpaired) electrons. The molecule has 0 saturated carbocycles. The second-order valence-corrected chi connectivity index (χ2v) is 7.29. The Morgan fingerprint density at radius 2 is 2.00 bits per heavy atom. The van der Waals surface area contributed by atoms with Crippen molar-refractivity contribution in [3.8, 4) is 5.69 Å². The first-order chi connectivity index (χ1) is 13.2. The minimum absolute atomic E-state index is 0.357. The molecule has 4 rings (SSSR count). The highest BCUT2D eigenvalue weighted by molar-refractivity contribution is 5.92. The summed E-state index contributed by atoms with van der Waals surface area (Å²) in [6, 6.07) is 16.4. The molecule has 2 aromatic carbocycles. The number of rotatable bonds is 6. The average Bonchev–Trinajstić information content (AvgIpc) is 3.35. The van der Waals surface area contributed by atoms with E-state index in [1.807, 2.05) is 29.2 Å². The fraction of sp³-hybridized carbons (Fsp3) is 0.273. The number of carbonyl (C=O) groups excluding carboxylic acids is 1. The average molecular weight is 360 g/mol. The van der Waals surface area contributed by atoms with Gasteiger partial charge in [0.15, 0.2) is 0 Å². The van der Waals surface area contributed by atoms with Crippen LogP contribution in [0.2, 0.25) is 0 Å². The predicted octanol–water partition coefficient (Wildman–Crippen LogP) is 3.04. The summed E-state index contributed by atoms with van der Waals surface area (Å²) in [7, 11) is 0. The minimum Gasteiger partial charge on any atom is -0.366 e. The second-order valence-electron chi connectivity index (χ2n) is 7.29. The molecule has 2 N–H and O–H groups in total. The number of hydrogen-bond acceptors (Lipinski definition) is 3. The number of nitrogens with two attached hydrogens (primary N) is 1. The summed E-state index contributed by atoms with van der Waals surface area (Å²) in [5.41, 5.74) is 9.64. The Kier molecular flexibility index (Phi) is 5.03. The first-order valence-electron chi connectivity index (χ1n) is 9.36. The van der Waals surface area contributed by atoms with Crippen LogP contribution in [0.15, 0.2) is 67.3 Å². The lowest BCUT2D eigenvalue weighted by atomic mass is 9.97. The van der Waals surface area contributed by atoms with Gasteiger partial charge in [0.1, 0.15) is 0 Å². The fourth-order valence-corrected chi connectivity index (χ4v) is 3.85. The molecule has 1 fully saturated rings. The molecule has 1 amide bonds. The Hall–Kier alpha value is -2.92. The van der Waals surface area contributed by atoms with Gasteiger partial charge in [-0.25, -0.2) is 4.98 Å². The molecule has 0 aliphatic carbocycles. The summed E-state index contributed by atoms with van der Waals surface area (Å²) in [6.45, 7) is 3.18. The lowest BCUT2D eigenvalue weighted by Gasteiger charge is -2.16. The molecule has 1 aliphatic rings. The Balaban J connectivity index is 1.33. The van der Waals surface area contributed by atoms with Gasteiger partial charge in [-0.1, -0.05) is 24.3 Å². The molecule has 138 valence electrons. The van der Waals surface area contributed by atoms with Gasteiger partial charge >= 0.3 is 0 Å². The molecule has 5 nitrogen and oxygen atoms in total. The van der Waals surface area contributed by atoms with Crippen LogP contribution in [0.25, 0.3) is 5.69 Å². The van der Waals surface area contributed by atoms with Crippen LogP contribution in [0, 0.1) is 5.92 Å². The SMILES string of the molecule is NC(=O)c1cccc(C[C@@H]2CCN(Cc3ccc(-n4ccnc4)cc3)C2)c1. The Labute approximate surface area is 159 Å². The zero-order valence-corrected chi connectivity index (χ0v) is 15.3. The van der Waals surface area contributed by atoms with Crippen LogP contribution in [-0.4, -0.2) is 33.4 Å². The summed E-state index contributed by atoms with van der Waals surface area (Å²) in [5.74, 6) is 0.266. The van der Waals surface area contributed by atoms with Crippen molar-refractivity contribution >= 4 is 5.91 Å². The highest BCUT2D eigenvalue weighted by Crippen LogP contribution is 2.23. The highest BCUT2D eigenvalue weighted by atomic mass is 16.1. The number of benzene rings is 2. The molecule has 1 aromatic heterocycles. The van der Waals surface area contributed by atoms with Crippen LogP contribution >= 0.6 is 0 Å². The molecular formula is C22H24N4O. The van der Waals surface area contributed by atoms with Gasteiger partial charge in [-0.3, -0.25) is 9.69 Å². The summed E-state index contributed by atoms with van der Waals surface area (Å²) < 4.78 is 2.01. The summed E-state index contributed by atoms with van der Waals surface area (Å²) >= 11 is 0. The molecule has 0 spiro atoms. The van der Waals surface area contributed by atoms with Crippen molar-refractivity contribution in [2.24, 2.45) is 11.7 Å². The van der Waals surface area contributed by atoms with Gasteiger partial charge in [0.05, 0.1) is 6.33 Å². The van der Waals surface area contributed by atoms with E-state index in [4.69, 9.17) is 5.73 Å². The van der Waals surface area contributed by atoms with Crippen LogP contribution in [0.5, 0.6) is 0 Å². The molecule has 2 heterocycles. The minimum atomic E-state index is -0.357. The number of amides is 1. The Bertz CT molecular complexity index is 902. The van der Waals surface area contributed by atoms with Gasteiger partial charge in [-0.05, 0) is 60.7 Å². The van der Waals surface area contributed by atoms with E-state index in [1.165, 1.54) is 17.5 Å². The van der Waals surface area contributed by atoms with Crippen molar-refractivity contribution in [3.63, 3.8) is 0 Å². The van der Waals surface area contributed by atoms with Crippen molar-refractivity contribution in [2.75, 3.05) is 13.1 Å². The largest absolute Gasteiger partial charge is 0.366 e. The van der Waals surface area contributed by atoms with E-state index in [1.54, 1.807) is 12.3 Å². The van der Waals surface area contributed by atoms with E-state index in [2.05, 4.69) is 40.2 Å². The predicted molar refractivity (Wildman–Crippen MR) is 106 cm³/mol. The molecule has 3 aromatic rings. The fourth-order valence-electron chi connectivity index (χ4n) is 3.85. The van der Waals surface area contributed by atoms with Gasteiger partial charge in [0.25, 0.3) is 0 Å². The maximum Gasteiger partial charge on any atom is 0.248 e. The molecule has 0 bridgehead atoms. The highest BCUT2D eigenvalue weighted by Gasteiger charge is 2.22.